The topological polar surface area (TPSA) is 46.2 Å². The first kappa shape index (κ1) is 11.9. The van der Waals surface area contributed by atoms with Crippen molar-refractivity contribution >= 4 is 12.4 Å². The van der Waals surface area contributed by atoms with Gasteiger partial charge in [-0.05, 0) is 19.8 Å². The standard InChI is InChI=1S/C6H15NO.ClH/c1-5(4-8)6(2,3)7;/h5,8H,4,7H2,1-3H3;1H. The van der Waals surface area contributed by atoms with Crippen molar-refractivity contribution in [3.8, 4) is 0 Å². The zero-order valence-corrected chi connectivity index (χ0v) is 7.03. The molecular formula is C6H16ClNO. The maximum Gasteiger partial charge on any atom is 0.0473 e. The predicted octanol–water partition coefficient (Wildman–Crippen LogP) is 0.774. The molecule has 3 heteroatoms. The van der Waals surface area contributed by atoms with Crippen LogP contribution in [0, 0.1) is 5.92 Å². The number of rotatable bonds is 2. The van der Waals surface area contributed by atoms with Crippen molar-refractivity contribution in [1.29, 1.82) is 0 Å². The highest BCUT2D eigenvalue weighted by atomic mass is 35.5. The Morgan fingerprint density at radius 3 is 1.89 bits per heavy atom. The third-order valence-electron chi connectivity index (χ3n) is 1.54. The highest BCUT2D eigenvalue weighted by molar-refractivity contribution is 5.85. The first-order valence-electron chi connectivity index (χ1n) is 2.88. The van der Waals surface area contributed by atoms with E-state index in [2.05, 4.69) is 0 Å². The molecule has 1 unspecified atom stereocenters. The number of aliphatic hydroxyl groups is 1. The van der Waals surface area contributed by atoms with Crippen molar-refractivity contribution in [1.82, 2.24) is 0 Å². The zero-order valence-electron chi connectivity index (χ0n) is 6.22. The van der Waals surface area contributed by atoms with Crippen molar-refractivity contribution in [2.45, 2.75) is 26.3 Å². The summed E-state index contributed by atoms with van der Waals surface area (Å²) in [6, 6.07) is 0. The van der Waals surface area contributed by atoms with Gasteiger partial charge in [-0.1, -0.05) is 6.92 Å². The van der Waals surface area contributed by atoms with E-state index in [1.165, 1.54) is 0 Å². The molecule has 0 aliphatic rings. The minimum Gasteiger partial charge on any atom is -0.396 e. The fourth-order valence-electron chi connectivity index (χ4n) is 0.235. The molecule has 0 spiro atoms. The maximum absolute atomic E-state index is 8.59. The molecule has 1 atom stereocenters. The summed E-state index contributed by atoms with van der Waals surface area (Å²) >= 11 is 0. The van der Waals surface area contributed by atoms with E-state index >= 15 is 0 Å². The minimum absolute atomic E-state index is 0. The molecule has 2 nitrogen and oxygen atoms in total. The molecule has 0 fully saturated rings. The maximum atomic E-state index is 8.59. The largest absolute Gasteiger partial charge is 0.396 e. The van der Waals surface area contributed by atoms with Crippen molar-refractivity contribution in [3.63, 3.8) is 0 Å². The van der Waals surface area contributed by atoms with Crippen LogP contribution in [0.4, 0.5) is 0 Å². The van der Waals surface area contributed by atoms with Crippen LogP contribution < -0.4 is 5.73 Å². The lowest BCUT2D eigenvalue weighted by molar-refractivity contribution is 0.184. The van der Waals surface area contributed by atoms with Gasteiger partial charge in [0.1, 0.15) is 0 Å². The van der Waals surface area contributed by atoms with Crippen LogP contribution in [0.5, 0.6) is 0 Å². The molecule has 0 radical (unpaired) electrons. The summed E-state index contributed by atoms with van der Waals surface area (Å²) in [5.41, 5.74) is 5.39. The highest BCUT2D eigenvalue weighted by Crippen LogP contribution is 2.10. The number of halogens is 1. The lowest BCUT2D eigenvalue weighted by Crippen LogP contribution is -2.40. The Bertz CT molecular complexity index is 69.9. The normalized spacial score (nSPS) is 14.3. The Kier molecular flexibility index (Phi) is 5.43. The molecule has 0 heterocycles. The van der Waals surface area contributed by atoms with Crippen molar-refractivity contribution in [2.75, 3.05) is 6.61 Å². The number of hydrogen-bond acceptors (Lipinski definition) is 2. The summed E-state index contributed by atoms with van der Waals surface area (Å²) in [6.45, 7) is 5.92. The molecule has 0 aliphatic heterocycles. The van der Waals surface area contributed by atoms with Crippen LogP contribution in [0.15, 0.2) is 0 Å². The van der Waals surface area contributed by atoms with E-state index in [1.807, 2.05) is 20.8 Å². The Morgan fingerprint density at radius 2 is 1.89 bits per heavy atom. The molecule has 0 aromatic rings. The van der Waals surface area contributed by atoms with E-state index in [4.69, 9.17) is 10.8 Å². The first-order valence-corrected chi connectivity index (χ1v) is 2.88. The van der Waals surface area contributed by atoms with Crippen molar-refractivity contribution in [3.05, 3.63) is 0 Å². The van der Waals surface area contributed by atoms with E-state index < -0.39 is 0 Å². The Balaban J connectivity index is 0. The van der Waals surface area contributed by atoms with Gasteiger partial charge in [-0.2, -0.15) is 0 Å². The lowest BCUT2D eigenvalue weighted by Gasteiger charge is -2.24. The van der Waals surface area contributed by atoms with Gasteiger partial charge in [-0.15, -0.1) is 12.4 Å². The summed E-state index contributed by atoms with van der Waals surface area (Å²) in [5, 5.41) is 8.59. The van der Waals surface area contributed by atoms with E-state index in [9.17, 15) is 0 Å². The van der Waals surface area contributed by atoms with E-state index in [0.717, 1.165) is 0 Å². The summed E-state index contributed by atoms with van der Waals surface area (Å²) in [4.78, 5) is 0. The molecule has 0 amide bonds. The predicted molar refractivity (Wildman–Crippen MR) is 41.8 cm³/mol. The van der Waals surface area contributed by atoms with Gasteiger partial charge >= 0.3 is 0 Å². The quantitative estimate of drug-likeness (QED) is 0.616. The van der Waals surface area contributed by atoms with Crippen molar-refractivity contribution < 1.29 is 5.11 Å². The second kappa shape index (κ2) is 4.09. The van der Waals surface area contributed by atoms with Gasteiger partial charge in [-0.3, -0.25) is 0 Å². The van der Waals surface area contributed by atoms with E-state index in [1.54, 1.807) is 0 Å². The second-order valence-electron chi connectivity index (χ2n) is 2.90. The van der Waals surface area contributed by atoms with Crippen LogP contribution in [0.2, 0.25) is 0 Å². The smallest absolute Gasteiger partial charge is 0.0473 e. The molecule has 58 valence electrons. The van der Waals surface area contributed by atoms with Gasteiger partial charge in [-0.25, -0.2) is 0 Å². The van der Waals surface area contributed by atoms with Gasteiger partial charge in [0.15, 0.2) is 0 Å². The Morgan fingerprint density at radius 1 is 1.56 bits per heavy atom. The van der Waals surface area contributed by atoms with Crippen LogP contribution in [0.1, 0.15) is 20.8 Å². The Labute approximate surface area is 62.9 Å². The molecule has 0 aromatic carbocycles. The minimum atomic E-state index is -0.241. The molecule has 0 rings (SSSR count). The fourth-order valence-corrected chi connectivity index (χ4v) is 0.235. The van der Waals surface area contributed by atoms with Gasteiger partial charge in [0.05, 0.1) is 0 Å². The lowest BCUT2D eigenvalue weighted by atomic mass is 9.91. The molecular weight excluding hydrogens is 138 g/mol. The molecule has 0 saturated carbocycles. The number of aliphatic hydroxyl groups excluding tert-OH is 1. The third kappa shape index (κ3) is 4.70. The van der Waals surface area contributed by atoms with Gasteiger partial charge in [0.2, 0.25) is 0 Å². The van der Waals surface area contributed by atoms with Crippen LogP contribution in [-0.2, 0) is 0 Å². The van der Waals surface area contributed by atoms with Crippen LogP contribution in [0.25, 0.3) is 0 Å². The summed E-state index contributed by atoms with van der Waals surface area (Å²) in [5.74, 6) is 0.183. The molecule has 0 aliphatic carbocycles. The SMILES string of the molecule is CC(CO)C(C)(C)N.Cl. The zero-order chi connectivity index (χ0) is 6.78. The summed E-state index contributed by atoms with van der Waals surface area (Å²) in [6.07, 6.45) is 0. The van der Waals surface area contributed by atoms with Crippen LogP contribution in [0.3, 0.4) is 0 Å². The van der Waals surface area contributed by atoms with E-state index in [-0.39, 0.29) is 30.5 Å². The molecule has 9 heavy (non-hydrogen) atoms. The van der Waals surface area contributed by atoms with Gasteiger partial charge in [0, 0.05) is 12.1 Å². The second-order valence-corrected chi connectivity index (χ2v) is 2.90. The molecule has 3 N–H and O–H groups in total. The fraction of sp³-hybridized carbons (Fsp3) is 1.00. The van der Waals surface area contributed by atoms with Gasteiger partial charge < -0.3 is 10.8 Å². The molecule has 0 bridgehead atoms. The monoisotopic (exact) mass is 153 g/mol. The first-order chi connectivity index (χ1) is 3.48. The number of nitrogens with two attached hydrogens (primary N) is 1. The Hall–Kier alpha value is 0.210. The van der Waals surface area contributed by atoms with Crippen molar-refractivity contribution in [2.24, 2.45) is 11.7 Å². The third-order valence-corrected chi connectivity index (χ3v) is 1.54. The highest BCUT2D eigenvalue weighted by Gasteiger charge is 2.18. The molecule has 0 aromatic heterocycles. The molecule has 0 saturated heterocycles. The average molecular weight is 154 g/mol. The average Bonchev–Trinajstić information content (AvgIpc) is 1.62. The summed E-state index contributed by atoms with van der Waals surface area (Å²) in [7, 11) is 0. The van der Waals surface area contributed by atoms with Crippen LogP contribution in [-0.4, -0.2) is 17.3 Å². The van der Waals surface area contributed by atoms with Gasteiger partial charge in [0.25, 0.3) is 0 Å². The van der Waals surface area contributed by atoms with Crippen LogP contribution >= 0.6 is 12.4 Å². The number of hydrogen-bond donors (Lipinski definition) is 2. The van der Waals surface area contributed by atoms with E-state index in [0.29, 0.717) is 0 Å². The summed E-state index contributed by atoms with van der Waals surface area (Å²) < 4.78 is 0.